The summed E-state index contributed by atoms with van der Waals surface area (Å²) in [6.45, 7) is 5.64. The number of nitrogens with one attached hydrogen (secondary N) is 1. The zero-order valence-corrected chi connectivity index (χ0v) is 23.0. The number of ether oxygens (including phenoxy) is 1. The smallest absolute Gasteiger partial charge is 0.321 e. The summed E-state index contributed by atoms with van der Waals surface area (Å²) >= 11 is 0. The number of likely N-dealkylation sites (N-methyl/N-ethyl adjacent to an activating group) is 1. The summed E-state index contributed by atoms with van der Waals surface area (Å²) in [5.74, 6) is -0.0460. The molecule has 202 valence electrons. The number of carbonyl (C=O) groups excluding carboxylic acids is 1. The van der Waals surface area contributed by atoms with Crippen LogP contribution in [0.15, 0.2) is 77.7 Å². The number of para-hydroxylation sites is 1. The van der Waals surface area contributed by atoms with Gasteiger partial charge in [-0.15, -0.1) is 0 Å². The molecule has 2 N–H and O–H groups in total. The summed E-state index contributed by atoms with van der Waals surface area (Å²) < 4.78 is 35.2. The van der Waals surface area contributed by atoms with Gasteiger partial charge in [-0.2, -0.15) is 4.31 Å². The number of amides is 2. The van der Waals surface area contributed by atoms with Gasteiger partial charge in [-0.3, -0.25) is 0 Å². The first-order valence-corrected chi connectivity index (χ1v) is 14.1. The van der Waals surface area contributed by atoms with Crippen LogP contribution in [0.5, 0.6) is 5.75 Å². The van der Waals surface area contributed by atoms with Crippen molar-refractivity contribution in [3.05, 3.63) is 78.4 Å². The highest BCUT2D eigenvalue weighted by Gasteiger charge is 2.38. The standard InChI is InChI=1S/C29H35N3O5S/c1-20-10-8-9-13-25(20)23-14-15-28-26(16-23)37-27(21(2)17-32(22(3)19-33)38(28,35)36)18-31(4)29(34)30-24-11-6-5-7-12-24/h5-16,21-22,27,33H,17-19H2,1-4H3,(H,30,34)/t21-,22+,27+/m1/s1. The van der Waals surface area contributed by atoms with Crippen molar-refractivity contribution in [1.82, 2.24) is 9.21 Å². The molecule has 3 aromatic rings. The fourth-order valence-corrected chi connectivity index (χ4v) is 6.43. The highest BCUT2D eigenvalue weighted by molar-refractivity contribution is 7.89. The van der Waals surface area contributed by atoms with E-state index in [1.807, 2.05) is 68.4 Å². The van der Waals surface area contributed by atoms with Crippen molar-refractivity contribution in [3.63, 3.8) is 0 Å². The van der Waals surface area contributed by atoms with Crippen molar-refractivity contribution in [2.75, 3.05) is 32.1 Å². The van der Waals surface area contributed by atoms with Gasteiger partial charge in [0.25, 0.3) is 0 Å². The molecule has 0 unspecified atom stereocenters. The van der Waals surface area contributed by atoms with Crippen LogP contribution in [0.4, 0.5) is 10.5 Å². The Kier molecular flexibility index (Phi) is 8.40. The van der Waals surface area contributed by atoms with E-state index in [1.165, 1.54) is 9.21 Å². The molecule has 0 radical (unpaired) electrons. The predicted molar refractivity (Wildman–Crippen MR) is 149 cm³/mol. The number of sulfonamides is 1. The van der Waals surface area contributed by atoms with Gasteiger partial charge < -0.3 is 20.1 Å². The lowest BCUT2D eigenvalue weighted by Gasteiger charge is -2.37. The lowest BCUT2D eigenvalue weighted by Crippen LogP contribution is -2.50. The van der Waals surface area contributed by atoms with Crippen molar-refractivity contribution >= 4 is 21.7 Å². The summed E-state index contributed by atoms with van der Waals surface area (Å²) in [5.41, 5.74) is 3.54. The summed E-state index contributed by atoms with van der Waals surface area (Å²) in [6, 6.07) is 21.2. The van der Waals surface area contributed by atoms with E-state index in [1.54, 1.807) is 32.2 Å². The van der Waals surface area contributed by atoms with Crippen LogP contribution in [0.1, 0.15) is 19.4 Å². The van der Waals surface area contributed by atoms with Crippen LogP contribution in [-0.2, 0) is 10.0 Å². The third kappa shape index (κ3) is 5.85. The normalized spacial score (nSPS) is 19.8. The van der Waals surface area contributed by atoms with Gasteiger partial charge in [-0.05, 0) is 54.8 Å². The molecule has 3 atom stereocenters. The Hall–Kier alpha value is -3.40. The van der Waals surface area contributed by atoms with Gasteiger partial charge in [0.05, 0.1) is 13.2 Å². The van der Waals surface area contributed by atoms with E-state index in [-0.39, 0.29) is 42.3 Å². The number of fused-ring (bicyclic) bond motifs is 1. The van der Waals surface area contributed by atoms with Crippen LogP contribution < -0.4 is 10.1 Å². The Morgan fingerprint density at radius 2 is 1.82 bits per heavy atom. The molecule has 9 heteroatoms. The fourth-order valence-electron chi connectivity index (χ4n) is 4.60. The molecule has 0 spiro atoms. The summed E-state index contributed by atoms with van der Waals surface area (Å²) in [7, 11) is -2.27. The third-order valence-corrected chi connectivity index (χ3v) is 8.97. The van der Waals surface area contributed by atoms with E-state index in [0.717, 1.165) is 16.7 Å². The number of hydrogen-bond acceptors (Lipinski definition) is 5. The number of aryl methyl sites for hydroxylation is 1. The molecule has 38 heavy (non-hydrogen) atoms. The largest absolute Gasteiger partial charge is 0.487 e. The van der Waals surface area contributed by atoms with Crippen molar-refractivity contribution in [2.45, 2.75) is 37.8 Å². The molecule has 2 amide bonds. The number of aliphatic hydroxyl groups excluding tert-OH is 1. The average molecular weight is 538 g/mol. The van der Waals surface area contributed by atoms with Crippen LogP contribution >= 0.6 is 0 Å². The van der Waals surface area contributed by atoms with Crippen molar-refractivity contribution in [3.8, 4) is 16.9 Å². The molecule has 0 aromatic heterocycles. The minimum Gasteiger partial charge on any atom is -0.487 e. The quantitative estimate of drug-likeness (QED) is 0.479. The SMILES string of the molecule is Cc1ccccc1-c1ccc2c(c1)O[C@@H](CN(C)C(=O)Nc1ccccc1)[C@H](C)CN([C@@H](C)CO)S2(=O)=O. The molecular formula is C29H35N3O5S. The molecule has 3 aromatic carbocycles. The predicted octanol–water partition coefficient (Wildman–Crippen LogP) is 4.59. The first kappa shape index (κ1) is 27.6. The second kappa shape index (κ2) is 11.6. The number of benzene rings is 3. The lowest BCUT2D eigenvalue weighted by atomic mass is 10.00. The number of carbonyl (C=O) groups is 1. The Morgan fingerprint density at radius 1 is 1.13 bits per heavy atom. The maximum atomic E-state index is 13.7. The second-order valence-electron chi connectivity index (χ2n) is 9.89. The average Bonchev–Trinajstić information content (AvgIpc) is 2.90. The van der Waals surface area contributed by atoms with Gasteiger partial charge in [0.15, 0.2) is 0 Å². The molecule has 0 aliphatic carbocycles. The van der Waals surface area contributed by atoms with Gasteiger partial charge in [0.1, 0.15) is 16.7 Å². The fraction of sp³-hybridized carbons (Fsp3) is 0.345. The van der Waals surface area contributed by atoms with Crippen molar-refractivity contribution in [2.24, 2.45) is 5.92 Å². The van der Waals surface area contributed by atoms with E-state index >= 15 is 0 Å². The maximum Gasteiger partial charge on any atom is 0.321 e. The van der Waals surface area contributed by atoms with Crippen LogP contribution in [0, 0.1) is 12.8 Å². The van der Waals surface area contributed by atoms with Gasteiger partial charge >= 0.3 is 6.03 Å². The summed E-state index contributed by atoms with van der Waals surface area (Å²) in [4.78, 5) is 14.5. The maximum absolute atomic E-state index is 13.7. The highest BCUT2D eigenvalue weighted by Crippen LogP contribution is 2.37. The number of nitrogens with zero attached hydrogens (tertiary/aromatic N) is 2. The molecule has 0 bridgehead atoms. The van der Waals surface area contributed by atoms with E-state index in [2.05, 4.69) is 5.32 Å². The van der Waals surface area contributed by atoms with Crippen LogP contribution in [0.25, 0.3) is 11.1 Å². The Bertz CT molecular complexity index is 1380. The molecule has 0 saturated carbocycles. The molecule has 4 rings (SSSR count). The van der Waals surface area contributed by atoms with Crippen LogP contribution in [0.2, 0.25) is 0 Å². The molecule has 8 nitrogen and oxygen atoms in total. The number of hydrogen-bond donors (Lipinski definition) is 2. The highest BCUT2D eigenvalue weighted by atomic mass is 32.2. The van der Waals surface area contributed by atoms with Gasteiger partial charge in [-0.1, -0.05) is 55.5 Å². The van der Waals surface area contributed by atoms with Gasteiger partial charge in [-0.25, -0.2) is 13.2 Å². The number of urea groups is 1. The van der Waals surface area contributed by atoms with E-state index in [9.17, 15) is 18.3 Å². The monoisotopic (exact) mass is 537 g/mol. The minimum absolute atomic E-state index is 0.0448. The molecule has 1 aliphatic rings. The number of rotatable bonds is 6. The Morgan fingerprint density at radius 3 is 2.50 bits per heavy atom. The molecule has 0 saturated heterocycles. The minimum atomic E-state index is -3.95. The Labute approximate surface area is 224 Å². The first-order chi connectivity index (χ1) is 18.1. The van der Waals surface area contributed by atoms with Crippen LogP contribution in [-0.4, -0.2) is 67.7 Å². The van der Waals surface area contributed by atoms with E-state index in [4.69, 9.17) is 4.74 Å². The topological polar surface area (TPSA) is 99.2 Å². The first-order valence-electron chi connectivity index (χ1n) is 12.7. The van der Waals surface area contributed by atoms with E-state index < -0.39 is 22.2 Å². The lowest BCUT2D eigenvalue weighted by molar-refractivity contribution is 0.0830. The second-order valence-corrected chi connectivity index (χ2v) is 11.8. The third-order valence-electron chi connectivity index (χ3n) is 6.95. The zero-order valence-electron chi connectivity index (χ0n) is 22.2. The summed E-state index contributed by atoms with van der Waals surface area (Å²) in [5, 5.41) is 12.7. The number of aliphatic hydroxyl groups is 1. The van der Waals surface area contributed by atoms with Crippen molar-refractivity contribution < 1.29 is 23.1 Å². The molecular weight excluding hydrogens is 502 g/mol. The van der Waals surface area contributed by atoms with Gasteiger partial charge in [0, 0.05) is 31.2 Å². The molecule has 1 aliphatic heterocycles. The van der Waals surface area contributed by atoms with Crippen molar-refractivity contribution in [1.29, 1.82) is 0 Å². The van der Waals surface area contributed by atoms with Crippen LogP contribution in [0.3, 0.4) is 0 Å². The number of anilines is 1. The van der Waals surface area contributed by atoms with Gasteiger partial charge in [0.2, 0.25) is 10.0 Å². The summed E-state index contributed by atoms with van der Waals surface area (Å²) in [6.07, 6.45) is -0.503. The molecule has 1 heterocycles. The molecule has 0 fully saturated rings. The van der Waals surface area contributed by atoms with E-state index in [0.29, 0.717) is 5.69 Å². The Balaban J connectivity index is 1.71. The zero-order chi connectivity index (χ0) is 27.4.